The van der Waals surface area contributed by atoms with Gasteiger partial charge in [-0.05, 0) is 42.1 Å². The first-order valence-corrected chi connectivity index (χ1v) is 8.02. The Balaban J connectivity index is 1.98. The summed E-state index contributed by atoms with van der Waals surface area (Å²) in [7, 11) is 0. The number of nitrogens with one attached hydrogen (secondary N) is 2. The van der Waals surface area contributed by atoms with Gasteiger partial charge in [-0.15, -0.1) is 0 Å². The largest absolute Gasteiger partial charge is 0.332 e. The first kappa shape index (κ1) is 18.9. The third-order valence-corrected chi connectivity index (χ3v) is 3.82. The molecule has 0 aliphatic carbocycles. The molecule has 6 nitrogen and oxygen atoms in total. The number of benzene rings is 2. The van der Waals surface area contributed by atoms with Crippen molar-refractivity contribution in [3.63, 3.8) is 0 Å². The minimum atomic E-state index is -0.610. The molecular weight excluding hydrogens is 385 g/mol. The first-order chi connectivity index (χ1) is 11.9. The first-order valence-electron chi connectivity index (χ1n) is 6.85. The van der Waals surface area contributed by atoms with Gasteiger partial charge >= 0.3 is 0 Å². The van der Waals surface area contributed by atoms with Gasteiger partial charge < -0.3 is 5.32 Å². The molecule has 0 aliphatic rings. The van der Waals surface area contributed by atoms with Crippen LogP contribution in [0.15, 0.2) is 48.5 Å². The van der Waals surface area contributed by atoms with Gasteiger partial charge in [0.1, 0.15) is 5.02 Å². The van der Waals surface area contributed by atoms with E-state index >= 15 is 0 Å². The number of anilines is 1. The number of carbonyl (C=O) groups excluding carboxylic acids is 1. The molecule has 0 saturated heterocycles. The van der Waals surface area contributed by atoms with Crippen molar-refractivity contribution in [2.24, 2.45) is 0 Å². The van der Waals surface area contributed by atoms with E-state index < -0.39 is 10.8 Å². The number of amides is 1. The van der Waals surface area contributed by atoms with E-state index in [1.165, 1.54) is 24.3 Å². The Bertz CT molecular complexity index is 871. The number of rotatable bonds is 4. The molecule has 0 aliphatic heterocycles. The second-order valence-electron chi connectivity index (χ2n) is 4.72. The van der Waals surface area contributed by atoms with Crippen LogP contribution in [0.5, 0.6) is 0 Å². The molecule has 0 saturated carbocycles. The predicted molar refractivity (Wildman–Crippen MR) is 103 cm³/mol. The van der Waals surface area contributed by atoms with Gasteiger partial charge in [0.2, 0.25) is 5.91 Å². The van der Waals surface area contributed by atoms with Crippen molar-refractivity contribution in [2.75, 3.05) is 5.32 Å². The van der Waals surface area contributed by atoms with Crippen LogP contribution in [0.4, 0.5) is 11.4 Å². The minimum absolute atomic E-state index is 0.00757. The second kappa shape index (κ2) is 8.57. The highest BCUT2D eigenvalue weighted by Gasteiger charge is 2.13. The fraction of sp³-hybridized carbons (Fsp3) is 0. The van der Waals surface area contributed by atoms with Gasteiger partial charge in [-0.3, -0.25) is 20.2 Å². The van der Waals surface area contributed by atoms with Crippen LogP contribution in [-0.2, 0) is 4.79 Å². The van der Waals surface area contributed by atoms with Gasteiger partial charge in [0.15, 0.2) is 5.11 Å². The van der Waals surface area contributed by atoms with E-state index in [2.05, 4.69) is 10.6 Å². The van der Waals surface area contributed by atoms with Crippen LogP contribution < -0.4 is 10.6 Å². The number of hydrogen-bond donors (Lipinski definition) is 2. The van der Waals surface area contributed by atoms with E-state index in [-0.39, 0.29) is 15.8 Å². The number of nitrogens with zero attached hydrogens (tertiary/aromatic N) is 1. The Morgan fingerprint density at radius 2 is 1.88 bits per heavy atom. The van der Waals surface area contributed by atoms with E-state index in [1.807, 2.05) is 0 Å². The number of carbonyl (C=O) groups is 1. The molecule has 25 heavy (non-hydrogen) atoms. The topological polar surface area (TPSA) is 84.3 Å². The van der Waals surface area contributed by atoms with Crippen LogP contribution in [0.3, 0.4) is 0 Å². The number of thiocarbonyl (C=S) groups is 1. The quantitative estimate of drug-likeness (QED) is 0.346. The Kier molecular flexibility index (Phi) is 6.46. The molecule has 9 heteroatoms. The normalized spacial score (nSPS) is 10.5. The predicted octanol–water partition coefficient (Wildman–Crippen LogP) is 4.43. The SMILES string of the molecule is O=C(/C=C/c1ccccc1Cl)NC(=S)Nc1ccc(Cl)c([N+](=O)[O-])c1. The average Bonchev–Trinajstić information content (AvgIpc) is 2.55. The molecule has 0 heterocycles. The van der Waals surface area contributed by atoms with Crippen molar-refractivity contribution in [3.8, 4) is 0 Å². The Labute approximate surface area is 158 Å². The second-order valence-corrected chi connectivity index (χ2v) is 5.94. The summed E-state index contributed by atoms with van der Waals surface area (Å²) in [5.74, 6) is -0.471. The summed E-state index contributed by atoms with van der Waals surface area (Å²) >= 11 is 16.7. The third kappa shape index (κ3) is 5.53. The Hall–Kier alpha value is -2.48. The summed E-state index contributed by atoms with van der Waals surface area (Å²) in [6.45, 7) is 0. The average molecular weight is 396 g/mol. The summed E-state index contributed by atoms with van der Waals surface area (Å²) in [5.41, 5.74) is 0.752. The zero-order valence-electron chi connectivity index (χ0n) is 12.5. The lowest BCUT2D eigenvalue weighted by Crippen LogP contribution is -2.32. The Morgan fingerprint density at radius 3 is 2.56 bits per heavy atom. The van der Waals surface area contributed by atoms with Crippen LogP contribution in [0.25, 0.3) is 6.08 Å². The maximum Gasteiger partial charge on any atom is 0.289 e. The maximum atomic E-state index is 11.9. The Morgan fingerprint density at radius 1 is 1.16 bits per heavy atom. The fourth-order valence-corrected chi connectivity index (χ4v) is 2.43. The van der Waals surface area contributed by atoms with E-state index in [0.717, 1.165) is 0 Å². The number of nitro groups is 1. The van der Waals surface area contributed by atoms with Crippen molar-refractivity contribution in [1.29, 1.82) is 0 Å². The highest BCUT2D eigenvalue weighted by Crippen LogP contribution is 2.27. The molecule has 0 aromatic heterocycles. The molecule has 0 radical (unpaired) electrons. The lowest BCUT2D eigenvalue weighted by molar-refractivity contribution is -0.384. The van der Waals surface area contributed by atoms with E-state index in [9.17, 15) is 14.9 Å². The third-order valence-electron chi connectivity index (χ3n) is 2.96. The van der Waals surface area contributed by atoms with Crippen molar-refractivity contribution >= 4 is 63.9 Å². The summed E-state index contributed by atoms with van der Waals surface area (Å²) in [5, 5.41) is 16.5. The minimum Gasteiger partial charge on any atom is -0.332 e. The molecule has 0 spiro atoms. The summed E-state index contributed by atoms with van der Waals surface area (Å²) < 4.78 is 0. The van der Waals surface area contributed by atoms with Crippen LogP contribution >= 0.6 is 35.4 Å². The lowest BCUT2D eigenvalue weighted by atomic mass is 10.2. The smallest absolute Gasteiger partial charge is 0.289 e. The van der Waals surface area contributed by atoms with Crippen molar-refractivity contribution in [2.45, 2.75) is 0 Å². The van der Waals surface area contributed by atoms with Crippen LogP contribution in [0, 0.1) is 10.1 Å². The molecule has 2 aromatic rings. The highest BCUT2D eigenvalue weighted by molar-refractivity contribution is 7.80. The summed E-state index contributed by atoms with van der Waals surface area (Å²) in [6.07, 6.45) is 2.83. The molecule has 0 unspecified atom stereocenters. The zero-order valence-corrected chi connectivity index (χ0v) is 14.9. The number of halogens is 2. The molecule has 2 aromatic carbocycles. The van der Waals surface area contributed by atoms with Gasteiger partial charge in [-0.2, -0.15) is 0 Å². The van der Waals surface area contributed by atoms with E-state index in [1.54, 1.807) is 30.3 Å². The van der Waals surface area contributed by atoms with Crippen molar-refractivity contribution in [3.05, 3.63) is 74.3 Å². The van der Waals surface area contributed by atoms with Gasteiger partial charge in [0.25, 0.3) is 5.69 Å². The molecule has 0 bridgehead atoms. The van der Waals surface area contributed by atoms with Crippen LogP contribution in [0.2, 0.25) is 10.0 Å². The van der Waals surface area contributed by atoms with E-state index in [4.69, 9.17) is 35.4 Å². The molecule has 0 fully saturated rings. The van der Waals surface area contributed by atoms with Gasteiger partial charge in [0.05, 0.1) is 4.92 Å². The van der Waals surface area contributed by atoms with Gasteiger partial charge in [0, 0.05) is 22.9 Å². The maximum absolute atomic E-state index is 11.9. The molecule has 2 rings (SSSR count). The summed E-state index contributed by atoms with van der Waals surface area (Å²) in [4.78, 5) is 22.1. The van der Waals surface area contributed by atoms with Crippen molar-refractivity contribution < 1.29 is 9.72 Å². The van der Waals surface area contributed by atoms with Crippen LogP contribution in [0.1, 0.15) is 5.56 Å². The standard InChI is InChI=1S/C16H11Cl2N3O3S/c17-12-4-2-1-3-10(12)5-8-15(22)20-16(25)19-11-6-7-13(18)14(9-11)21(23)24/h1-9H,(H2,19,20,22,25)/b8-5+. The number of hydrogen-bond acceptors (Lipinski definition) is 4. The van der Waals surface area contributed by atoms with Crippen LogP contribution in [-0.4, -0.2) is 15.9 Å². The molecule has 128 valence electrons. The zero-order chi connectivity index (χ0) is 18.4. The lowest BCUT2D eigenvalue weighted by Gasteiger charge is -2.08. The molecular formula is C16H11Cl2N3O3S. The molecule has 1 amide bonds. The van der Waals surface area contributed by atoms with Crippen molar-refractivity contribution in [1.82, 2.24) is 5.32 Å². The van der Waals surface area contributed by atoms with Gasteiger partial charge in [-0.1, -0.05) is 41.4 Å². The van der Waals surface area contributed by atoms with Gasteiger partial charge in [-0.25, -0.2) is 0 Å². The molecule has 0 atom stereocenters. The highest BCUT2D eigenvalue weighted by atomic mass is 35.5. The monoisotopic (exact) mass is 395 g/mol. The van der Waals surface area contributed by atoms with E-state index in [0.29, 0.717) is 16.3 Å². The fourth-order valence-electron chi connectivity index (χ4n) is 1.82. The summed E-state index contributed by atoms with van der Waals surface area (Å²) in [6, 6.07) is 11.1. The number of nitro benzene ring substituents is 1. The molecule has 2 N–H and O–H groups in total.